The van der Waals surface area contributed by atoms with Crippen LogP contribution in [0, 0.1) is 0 Å². The van der Waals surface area contributed by atoms with Crippen LogP contribution in [0.1, 0.15) is 220 Å². The summed E-state index contributed by atoms with van der Waals surface area (Å²) in [7, 11) is 0. The lowest BCUT2D eigenvalue weighted by Crippen LogP contribution is -2.61. The van der Waals surface area contributed by atoms with Gasteiger partial charge in [-0.2, -0.15) is 0 Å². The average Bonchev–Trinajstić information content (AvgIpc) is 3.41. The van der Waals surface area contributed by atoms with Crippen LogP contribution in [0.3, 0.4) is 0 Å². The number of unbranched alkanes of at least 4 members (excludes halogenated alkanes) is 18. The fraction of sp³-hybridized carbons (Fsp3) is 0.688. The van der Waals surface area contributed by atoms with E-state index in [1.807, 2.05) is 24.3 Å². The second kappa shape index (κ2) is 51.1. The molecule has 1 amide bonds. The first-order valence-corrected chi connectivity index (χ1v) is 29.7. The lowest BCUT2D eigenvalue weighted by Gasteiger charge is -2.41. The number of carbonyl (C=O) groups is 2. The van der Waals surface area contributed by atoms with Crippen molar-refractivity contribution in [1.82, 2.24) is 5.32 Å². The van der Waals surface area contributed by atoms with Gasteiger partial charge in [-0.15, -0.1) is 0 Å². The van der Waals surface area contributed by atoms with E-state index in [1.165, 1.54) is 89.9 Å². The molecular weight excluding hydrogens is 943 g/mol. The number of hydrogen-bond acceptors (Lipinski definition) is 10. The predicted octanol–water partition coefficient (Wildman–Crippen LogP) is 13.7. The molecule has 428 valence electrons. The predicted molar refractivity (Wildman–Crippen MR) is 310 cm³/mol. The molecule has 1 aliphatic heterocycles. The third-order valence-corrected chi connectivity index (χ3v) is 13.2. The van der Waals surface area contributed by atoms with Crippen molar-refractivity contribution in [2.24, 2.45) is 0 Å². The molecule has 6 N–H and O–H groups in total. The van der Waals surface area contributed by atoms with Gasteiger partial charge in [-0.25, -0.2) is 0 Å². The van der Waals surface area contributed by atoms with Crippen molar-refractivity contribution in [2.45, 2.75) is 269 Å². The van der Waals surface area contributed by atoms with Crippen LogP contribution in [0.4, 0.5) is 0 Å². The van der Waals surface area contributed by atoms with Crippen LogP contribution in [-0.4, -0.2) is 99.6 Å². The van der Waals surface area contributed by atoms with E-state index < -0.39 is 67.4 Å². The molecule has 11 nitrogen and oxygen atoms in total. The summed E-state index contributed by atoms with van der Waals surface area (Å²) in [6.07, 6.45) is 58.6. The summed E-state index contributed by atoms with van der Waals surface area (Å²) in [6.45, 7) is 5.59. The van der Waals surface area contributed by atoms with E-state index >= 15 is 0 Å². The van der Waals surface area contributed by atoms with E-state index in [0.29, 0.717) is 19.3 Å². The maximum atomic E-state index is 13.4. The molecule has 0 saturated carbocycles. The van der Waals surface area contributed by atoms with Gasteiger partial charge in [0.25, 0.3) is 0 Å². The molecule has 0 bridgehead atoms. The Morgan fingerprint density at radius 2 is 0.960 bits per heavy atom. The van der Waals surface area contributed by atoms with Crippen molar-refractivity contribution in [3.05, 3.63) is 109 Å². The number of rotatable bonds is 48. The number of hydrogen-bond donors (Lipinski definition) is 6. The maximum absolute atomic E-state index is 13.4. The van der Waals surface area contributed by atoms with Gasteiger partial charge < -0.3 is 45.1 Å². The lowest BCUT2D eigenvalue weighted by atomic mass is 9.99. The molecule has 8 atom stereocenters. The van der Waals surface area contributed by atoms with Crippen molar-refractivity contribution in [1.29, 1.82) is 0 Å². The number of nitrogens with one attached hydrogen (secondary N) is 1. The van der Waals surface area contributed by atoms with E-state index in [9.17, 15) is 35.1 Å². The Hall–Kier alpha value is -3.68. The highest BCUT2D eigenvalue weighted by molar-refractivity contribution is 5.80. The van der Waals surface area contributed by atoms with Gasteiger partial charge in [-0.05, 0) is 96.3 Å². The summed E-state index contributed by atoms with van der Waals surface area (Å²) < 4.78 is 17.5. The van der Waals surface area contributed by atoms with Crippen LogP contribution in [-0.2, 0) is 23.8 Å². The molecule has 0 spiro atoms. The third-order valence-electron chi connectivity index (χ3n) is 13.2. The molecule has 0 aromatic heterocycles. The molecule has 75 heavy (non-hydrogen) atoms. The Bertz CT molecular complexity index is 1630. The monoisotopic (exact) mass is 1050 g/mol. The molecule has 11 heteroatoms. The second-order valence-electron chi connectivity index (χ2n) is 20.0. The fourth-order valence-corrected chi connectivity index (χ4v) is 8.48. The maximum Gasteiger partial charge on any atom is 0.306 e. The Kier molecular flexibility index (Phi) is 47.2. The van der Waals surface area contributed by atoms with Crippen molar-refractivity contribution >= 4 is 11.9 Å². The van der Waals surface area contributed by atoms with Crippen molar-refractivity contribution in [3.8, 4) is 0 Å². The second-order valence-corrected chi connectivity index (χ2v) is 20.0. The summed E-state index contributed by atoms with van der Waals surface area (Å²) in [5, 5.41) is 56.8. The standard InChI is InChI=1S/C64H107NO10/c1-4-7-10-13-16-19-22-25-26-27-28-29-30-31-34-36-39-42-45-48-51-57(68)63(72)65-55(56(67)50-47-44-41-38-35-32-23-20-17-14-11-8-5-2)54-73-64-62(61(71)60(70)58(53-66)74-64)75-59(69)52-49-46-43-40-37-33-24-21-18-15-12-9-6-3/h7,10,16,19,25-26,28-29,31,33-34,37,39,42-43,46-47,50,55-58,60-62,64,66-68,70-71H,4-6,8-9,11-15,17-18,20-24,27,30,32,35-36,38,40-41,44-45,48-49,51-54H2,1-3H3,(H,65,72)/b10-7-,19-16-,26-25-,29-28-,34-31-,37-33-,42-39-,46-43+,50-47+. The van der Waals surface area contributed by atoms with Gasteiger partial charge in [0.1, 0.15) is 24.4 Å². The minimum Gasteiger partial charge on any atom is -0.454 e. The zero-order chi connectivity index (χ0) is 54.7. The largest absolute Gasteiger partial charge is 0.454 e. The SMILES string of the molecule is CC/C=C\C/C=C\C/C=C\C/C=C\C/C=C\C/C=C\CCCC(O)C(=O)NC(COC1OC(CO)C(O)C(O)C1OC(=O)CC/C=C/C/C=C\CCCCCCCC)C(O)/C=C/CCCCCCCCCCCCC. The van der Waals surface area contributed by atoms with Crippen molar-refractivity contribution in [2.75, 3.05) is 13.2 Å². The number of amides is 1. The smallest absolute Gasteiger partial charge is 0.306 e. The fourth-order valence-electron chi connectivity index (χ4n) is 8.48. The molecule has 1 saturated heterocycles. The van der Waals surface area contributed by atoms with Crippen LogP contribution in [0.15, 0.2) is 109 Å². The average molecular weight is 1050 g/mol. The van der Waals surface area contributed by atoms with E-state index in [0.717, 1.165) is 77.0 Å². The van der Waals surface area contributed by atoms with Gasteiger partial charge in [0.15, 0.2) is 12.4 Å². The van der Waals surface area contributed by atoms with Gasteiger partial charge in [-0.1, -0.05) is 226 Å². The molecule has 0 aromatic rings. The van der Waals surface area contributed by atoms with Crippen LogP contribution in [0.2, 0.25) is 0 Å². The normalized spacial score (nSPS) is 20.0. The Morgan fingerprint density at radius 1 is 0.533 bits per heavy atom. The van der Waals surface area contributed by atoms with Gasteiger partial charge >= 0.3 is 5.97 Å². The summed E-state index contributed by atoms with van der Waals surface area (Å²) in [5.41, 5.74) is 0. The van der Waals surface area contributed by atoms with Crippen LogP contribution in [0.5, 0.6) is 0 Å². The number of allylic oxidation sites excluding steroid dienone is 17. The summed E-state index contributed by atoms with van der Waals surface area (Å²) in [6, 6.07) is -1.06. The molecule has 0 aliphatic carbocycles. The molecule has 1 fully saturated rings. The molecule has 1 heterocycles. The highest BCUT2D eigenvalue weighted by atomic mass is 16.7. The minimum absolute atomic E-state index is 0.00668. The van der Waals surface area contributed by atoms with Gasteiger partial charge in [0, 0.05) is 6.42 Å². The first kappa shape index (κ1) is 69.3. The molecule has 1 aliphatic rings. The van der Waals surface area contributed by atoms with E-state index in [-0.39, 0.29) is 19.4 Å². The highest BCUT2D eigenvalue weighted by Crippen LogP contribution is 2.26. The first-order valence-electron chi connectivity index (χ1n) is 29.7. The Balaban J connectivity index is 2.79. The first-order chi connectivity index (χ1) is 36.7. The van der Waals surface area contributed by atoms with E-state index in [1.54, 1.807) is 6.08 Å². The van der Waals surface area contributed by atoms with E-state index in [2.05, 4.69) is 105 Å². The minimum atomic E-state index is -1.65. The van der Waals surface area contributed by atoms with Crippen molar-refractivity contribution < 1.29 is 49.3 Å². The van der Waals surface area contributed by atoms with Crippen LogP contribution >= 0.6 is 0 Å². The van der Waals surface area contributed by atoms with Crippen LogP contribution < -0.4 is 5.32 Å². The third kappa shape index (κ3) is 39.4. The molecule has 0 radical (unpaired) electrons. The summed E-state index contributed by atoms with van der Waals surface area (Å²) >= 11 is 0. The zero-order valence-corrected chi connectivity index (χ0v) is 47.1. The van der Waals surface area contributed by atoms with Crippen LogP contribution in [0.25, 0.3) is 0 Å². The number of aliphatic hydroxyl groups excluding tert-OH is 5. The molecular formula is C64H107NO10. The van der Waals surface area contributed by atoms with Gasteiger partial charge in [0.05, 0.1) is 25.4 Å². The summed E-state index contributed by atoms with van der Waals surface area (Å²) in [4.78, 5) is 26.4. The lowest BCUT2D eigenvalue weighted by molar-refractivity contribution is -0.305. The number of aliphatic hydroxyl groups is 5. The number of carbonyl (C=O) groups excluding carboxylic acids is 2. The van der Waals surface area contributed by atoms with Gasteiger partial charge in [-0.3, -0.25) is 9.59 Å². The Morgan fingerprint density at radius 3 is 1.44 bits per heavy atom. The Labute approximate surface area is 456 Å². The van der Waals surface area contributed by atoms with Crippen molar-refractivity contribution in [3.63, 3.8) is 0 Å². The van der Waals surface area contributed by atoms with Gasteiger partial charge in [0.2, 0.25) is 5.91 Å². The highest BCUT2D eigenvalue weighted by Gasteiger charge is 2.47. The van der Waals surface area contributed by atoms with E-state index in [4.69, 9.17) is 14.2 Å². The number of ether oxygens (including phenoxy) is 3. The zero-order valence-electron chi connectivity index (χ0n) is 47.1. The topological polar surface area (TPSA) is 175 Å². The molecule has 0 aromatic carbocycles. The summed E-state index contributed by atoms with van der Waals surface area (Å²) in [5.74, 6) is -1.32. The molecule has 8 unspecified atom stereocenters. The molecule has 1 rings (SSSR count). The quantitative estimate of drug-likeness (QED) is 0.0195. The number of esters is 1.